The van der Waals surface area contributed by atoms with Crippen LogP contribution in [0.4, 0.5) is 17.1 Å². The van der Waals surface area contributed by atoms with Crippen LogP contribution < -0.4 is 25.6 Å². The van der Waals surface area contributed by atoms with Crippen molar-refractivity contribution in [3.63, 3.8) is 0 Å². The zero-order valence-corrected chi connectivity index (χ0v) is 21.9. The Hall–Kier alpha value is -4.71. The molecule has 2 amide bonds. The molecule has 0 radical (unpaired) electrons. The topological polar surface area (TPSA) is 135 Å². The van der Waals surface area contributed by atoms with Crippen LogP contribution in [0.2, 0.25) is 0 Å². The average Bonchev–Trinajstić information content (AvgIpc) is 3.47. The van der Waals surface area contributed by atoms with Crippen molar-refractivity contribution in [1.29, 1.82) is 0 Å². The van der Waals surface area contributed by atoms with Crippen LogP contribution in [0, 0.1) is 6.92 Å². The average molecular weight is 531 g/mol. The Morgan fingerprint density at radius 1 is 1.23 bits per heavy atom. The Labute approximate surface area is 225 Å². The lowest BCUT2D eigenvalue weighted by Crippen LogP contribution is -2.35. The van der Waals surface area contributed by atoms with E-state index in [4.69, 9.17) is 9.47 Å². The maximum absolute atomic E-state index is 13.4. The van der Waals surface area contributed by atoms with Crippen LogP contribution in [0.5, 0.6) is 5.88 Å². The number of guanidine groups is 1. The number of anilines is 3. The van der Waals surface area contributed by atoms with Gasteiger partial charge in [-0.15, -0.1) is 0 Å². The van der Waals surface area contributed by atoms with Crippen molar-refractivity contribution in [3.05, 3.63) is 60.4 Å². The quantitative estimate of drug-likeness (QED) is 0.336. The lowest BCUT2D eigenvalue weighted by atomic mass is 10.1. The summed E-state index contributed by atoms with van der Waals surface area (Å²) in [5, 5.41) is 13.7. The zero-order valence-electron chi connectivity index (χ0n) is 21.9. The number of carbonyl (C=O) groups is 2. The van der Waals surface area contributed by atoms with Gasteiger partial charge in [-0.25, -0.2) is 4.68 Å². The molecular weight excluding hydrogens is 500 g/mol. The molecule has 2 aliphatic rings. The molecule has 1 aromatic carbocycles. The standard InChI is InChI=1S/C27H30N8O4/c1-4-23(36)29-9-8-28-20-6-5-7-21-24(20)35-10-11-38-12-13-39-26-19(16-30-34(26)3)22-15-18(14-17(2)31-22)25(37)33-27(35)32-21/h4-7,14-16,28H,1,8-13H2,2-3H3,(H,29,36)(H,32,33,37). The van der Waals surface area contributed by atoms with Gasteiger partial charge in [-0.05, 0) is 37.3 Å². The molecular formula is C27H30N8O4. The second-order valence-electron chi connectivity index (χ2n) is 8.97. The molecule has 0 fully saturated rings. The number of amides is 2. The van der Waals surface area contributed by atoms with Crippen molar-refractivity contribution in [2.24, 2.45) is 12.0 Å². The van der Waals surface area contributed by atoms with Gasteiger partial charge in [-0.3, -0.25) is 14.6 Å². The van der Waals surface area contributed by atoms with Gasteiger partial charge in [0, 0.05) is 37.9 Å². The number of rotatable bonds is 5. The normalized spacial score (nSPS) is 16.2. The molecule has 0 unspecified atom stereocenters. The second-order valence-corrected chi connectivity index (χ2v) is 8.97. The monoisotopic (exact) mass is 530 g/mol. The second kappa shape index (κ2) is 11.4. The van der Waals surface area contributed by atoms with E-state index < -0.39 is 5.91 Å². The number of hydrogen-bond acceptors (Lipinski definition) is 9. The summed E-state index contributed by atoms with van der Waals surface area (Å²) in [7, 11) is 1.79. The first-order valence-corrected chi connectivity index (χ1v) is 12.6. The molecule has 0 aliphatic carbocycles. The highest BCUT2D eigenvalue weighted by atomic mass is 16.5. The van der Waals surface area contributed by atoms with Crippen LogP contribution in [0.1, 0.15) is 16.1 Å². The molecule has 2 aromatic heterocycles. The molecule has 5 rings (SSSR count). The molecule has 3 aromatic rings. The fraction of sp³-hybridized carbons (Fsp3) is 0.296. The first kappa shape index (κ1) is 25.9. The predicted octanol–water partition coefficient (Wildman–Crippen LogP) is 2.34. The fourth-order valence-electron chi connectivity index (χ4n) is 4.45. The van der Waals surface area contributed by atoms with Crippen LogP contribution in [0.3, 0.4) is 0 Å². The minimum atomic E-state index is -0.411. The molecule has 202 valence electrons. The summed E-state index contributed by atoms with van der Waals surface area (Å²) in [6.45, 7) is 7.71. The van der Waals surface area contributed by atoms with E-state index in [2.05, 4.69) is 37.6 Å². The van der Waals surface area contributed by atoms with Gasteiger partial charge in [-0.2, -0.15) is 10.1 Å². The lowest BCUT2D eigenvalue weighted by Gasteiger charge is -2.21. The highest BCUT2D eigenvalue weighted by Crippen LogP contribution is 2.39. The molecule has 0 spiro atoms. The summed E-state index contributed by atoms with van der Waals surface area (Å²) >= 11 is 0. The van der Waals surface area contributed by atoms with Crippen molar-refractivity contribution in [3.8, 4) is 17.1 Å². The van der Waals surface area contributed by atoms with Crippen LogP contribution >= 0.6 is 0 Å². The third-order valence-corrected chi connectivity index (χ3v) is 6.23. The summed E-state index contributed by atoms with van der Waals surface area (Å²) in [6.07, 6.45) is 2.91. The Morgan fingerprint density at radius 2 is 2.10 bits per heavy atom. The summed E-state index contributed by atoms with van der Waals surface area (Å²) in [4.78, 5) is 35.9. The number of pyridine rings is 1. The number of aromatic nitrogens is 3. The summed E-state index contributed by atoms with van der Waals surface area (Å²) in [5.74, 6) is 0.306. The Balaban J connectivity index is 1.47. The predicted molar refractivity (Wildman–Crippen MR) is 148 cm³/mol. The molecule has 12 heteroatoms. The molecule has 0 saturated carbocycles. The van der Waals surface area contributed by atoms with Gasteiger partial charge < -0.3 is 30.3 Å². The number of hydrogen-bond donors (Lipinski definition) is 3. The molecule has 3 N–H and O–H groups in total. The summed E-state index contributed by atoms with van der Waals surface area (Å²) < 4.78 is 13.5. The van der Waals surface area contributed by atoms with E-state index in [1.807, 2.05) is 30.0 Å². The Kier molecular flexibility index (Phi) is 7.55. The number of aryl methyl sites for hydroxylation is 2. The Bertz CT molecular complexity index is 1450. The number of ether oxygens (including phenoxy) is 2. The van der Waals surface area contributed by atoms with E-state index in [1.165, 1.54) is 6.08 Å². The maximum Gasteiger partial charge on any atom is 0.280 e. The number of carbonyl (C=O) groups excluding carboxylic acids is 2. The van der Waals surface area contributed by atoms with Gasteiger partial charge in [0.2, 0.25) is 17.7 Å². The lowest BCUT2D eigenvalue weighted by molar-refractivity contribution is -0.116. The van der Waals surface area contributed by atoms with Crippen molar-refractivity contribution in [2.45, 2.75) is 6.92 Å². The summed E-state index contributed by atoms with van der Waals surface area (Å²) in [5.41, 5.74) is 4.81. The van der Waals surface area contributed by atoms with Gasteiger partial charge in [0.1, 0.15) is 6.61 Å². The number of nitrogens with zero attached hydrogens (tertiary/aromatic N) is 5. The Morgan fingerprint density at radius 3 is 2.95 bits per heavy atom. The number of aliphatic imine (C=N–C) groups is 1. The van der Waals surface area contributed by atoms with Gasteiger partial charge in [-0.1, -0.05) is 12.6 Å². The largest absolute Gasteiger partial charge is 0.475 e. The van der Waals surface area contributed by atoms with Crippen LogP contribution in [-0.4, -0.2) is 72.0 Å². The van der Waals surface area contributed by atoms with E-state index >= 15 is 0 Å². The molecule has 2 aliphatic heterocycles. The number of para-hydroxylation sites is 1. The molecule has 39 heavy (non-hydrogen) atoms. The van der Waals surface area contributed by atoms with Crippen molar-refractivity contribution >= 4 is 34.8 Å². The highest BCUT2D eigenvalue weighted by Gasteiger charge is 2.29. The molecule has 4 heterocycles. The van der Waals surface area contributed by atoms with Crippen LogP contribution in [0.25, 0.3) is 11.3 Å². The first-order valence-electron chi connectivity index (χ1n) is 12.6. The summed E-state index contributed by atoms with van der Waals surface area (Å²) in [6, 6.07) is 9.19. The zero-order chi connectivity index (χ0) is 27.4. The van der Waals surface area contributed by atoms with E-state index in [1.54, 1.807) is 30.1 Å². The van der Waals surface area contributed by atoms with Gasteiger partial charge in [0.05, 0.1) is 47.7 Å². The minimum Gasteiger partial charge on any atom is -0.475 e. The third-order valence-electron chi connectivity index (χ3n) is 6.23. The number of benzene rings is 1. The van der Waals surface area contributed by atoms with Gasteiger partial charge in [0.25, 0.3) is 5.91 Å². The number of nitrogens with one attached hydrogen (secondary N) is 3. The molecule has 0 atom stereocenters. The van der Waals surface area contributed by atoms with Gasteiger partial charge in [0.15, 0.2) is 0 Å². The molecule has 0 saturated heterocycles. The number of fused-ring (bicyclic) bond motifs is 7. The third kappa shape index (κ3) is 5.60. The van der Waals surface area contributed by atoms with Crippen molar-refractivity contribution < 1.29 is 19.1 Å². The molecule has 2 bridgehead atoms. The maximum atomic E-state index is 13.4. The SMILES string of the molecule is C=CC(=O)NCCNc1cccc2c1N1CCOCCOc3c(cnn3C)-c3cc(cc(C)n3)C(=O)/N=C/1N2. The van der Waals surface area contributed by atoms with Crippen LogP contribution in [-0.2, 0) is 16.6 Å². The van der Waals surface area contributed by atoms with Crippen LogP contribution in [0.15, 0.2) is 54.2 Å². The first-order chi connectivity index (χ1) is 18.9. The van der Waals surface area contributed by atoms with Gasteiger partial charge >= 0.3 is 0 Å². The molecule has 12 nitrogen and oxygen atoms in total. The highest BCUT2D eigenvalue weighted by molar-refractivity contribution is 6.21. The van der Waals surface area contributed by atoms with E-state index in [0.29, 0.717) is 73.8 Å². The fourth-order valence-corrected chi connectivity index (χ4v) is 4.45. The van der Waals surface area contributed by atoms with E-state index in [9.17, 15) is 9.59 Å². The minimum absolute atomic E-state index is 0.231. The van der Waals surface area contributed by atoms with Crippen molar-refractivity contribution in [1.82, 2.24) is 20.1 Å². The smallest absolute Gasteiger partial charge is 0.280 e. The van der Waals surface area contributed by atoms with E-state index in [-0.39, 0.29) is 5.91 Å². The van der Waals surface area contributed by atoms with E-state index in [0.717, 1.165) is 17.1 Å². The van der Waals surface area contributed by atoms with Crippen molar-refractivity contribution in [2.75, 3.05) is 55.0 Å².